The minimum absolute atomic E-state index is 0.384. The smallest absolute Gasteiger partial charge is 0.234 e. The lowest BCUT2D eigenvalue weighted by atomic mass is 10.2. The minimum Gasteiger partial charge on any atom is -0.368 e. The molecule has 1 amide bonds. The Hall–Kier alpha value is -0.220. The first-order chi connectivity index (χ1) is 3.50. The molecule has 0 aromatic carbocycles. The van der Waals surface area contributed by atoms with Gasteiger partial charge in [0, 0.05) is 0 Å². The molecule has 48 valence electrons. The lowest BCUT2D eigenvalue weighted by Gasteiger charge is -2.14. The van der Waals surface area contributed by atoms with Crippen molar-refractivity contribution in [3.05, 3.63) is 0 Å². The highest BCUT2D eigenvalue weighted by molar-refractivity contribution is 7.99. The number of amides is 1. The van der Waals surface area contributed by atoms with E-state index >= 15 is 0 Å². The van der Waals surface area contributed by atoms with Gasteiger partial charge in [0.15, 0.2) is 0 Å². The predicted molar refractivity (Wildman–Crippen MR) is 35.1 cm³/mol. The zero-order valence-corrected chi connectivity index (χ0v) is 5.79. The summed E-state index contributed by atoms with van der Waals surface area (Å²) in [5.74, 6) is -0.384. The number of rotatable bonds is 2. The van der Waals surface area contributed by atoms with Crippen LogP contribution in [0, 0.1) is 0 Å². The second-order valence-electron chi connectivity index (χ2n) is 1.99. The molecule has 0 fully saturated rings. The largest absolute Gasteiger partial charge is 0.368 e. The first-order valence-electron chi connectivity index (χ1n) is 2.18. The Morgan fingerprint density at radius 2 is 2.00 bits per heavy atom. The highest BCUT2D eigenvalue weighted by Crippen LogP contribution is 2.16. The van der Waals surface area contributed by atoms with Crippen molar-refractivity contribution in [1.82, 2.24) is 0 Å². The van der Waals surface area contributed by atoms with E-state index in [0.29, 0.717) is 0 Å². The van der Waals surface area contributed by atoms with Crippen molar-refractivity contribution < 1.29 is 4.79 Å². The van der Waals surface area contributed by atoms with Crippen molar-refractivity contribution in [2.45, 2.75) is 18.6 Å². The molecule has 0 aromatic rings. The molecular formula is C4H10N2OS. The Morgan fingerprint density at radius 1 is 1.62 bits per heavy atom. The van der Waals surface area contributed by atoms with Gasteiger partial charge in [-0.05, 0) is 13.8 Å². The average molecular weight is 134 g/mol. The molecule has 0 bridgehead atoms. The van der Waals surface area contributed by atoms with Gasteiger partial charge in [-0.1, -0.05) is 11.9 Å². The highest BCUT2D eigenvalue weighted by Gasteiger charge is 2.23. The quantitative estimate of drug-likeness (QED) is 0.516. The van der Waals surface area contributed by atoms with Crippen LogP contribution in [0.25, 0.3) is 0 Å². The molecule has 4 heteroatoms. The van der Waals surface area contributed by atoms with Crippen LogP contribution in [-0.4, -0.2) is 10.7 Å². The van der Waals surface area contributed by atoms with E-state index in [2.05, 4.69) is 0 Å². The fourth-order valence-electron chi connectivity index (χ4n) is 0.0581. The van der Waals surface area contributed by atoms with Crippen molar-refractivity contribution in [2.24, 2.45) is 10.9 Å². The molecule has 0 radical (unpaired) electrons. The summed E-state index contributed by atoms with van der Waals surface area (Å²) in [5, 5.41) is 5.12. The van der Waals surface area contributed by atoms with Gasteiger partial charge < -0.3 is 5.73 Å². The van der Waals surface area contributed by atoms with Crippen LogP contribution in [0.2, 0.25) is 0 Å². The first kappa shape index (κ1) is 7.78. The number of hydrogen-bond donors (Lipinski definition) is 2. The van der Waals surface area contributed by atoms with Crippen molar-refractivity contribution >= 4 is 17.9 Å². The van der Waals surface area contributed by atoms with Gasteiger partial charge in [-0.2, -0.15) is 0 Å². The summed E-state index contributed by atoms with van der Waals surface area (Å²) in [6, 6.07) is 0. The van der Waals surface area contributed by atoms with Crippen molar-refractivity contribution in [3.8, 4) is 0 Å². The van der Waals surface area contributed by atoms with Crippen LogP contribution in [0.4, 0.5) is 0 Å². The Bertz CT molecular complexity index is 102. The second kappa shape index (κ2) is 2.37. The summed E-state index contributed by atoms with van der Waals surface area (Å²) in [7, 11) is 0. The number of primary amides is 1. The van der Waals surface area contributed by atoms with Gasteiger partial charge in [-0.15, -0.1) is 0 Å². The van der Waals surface area contributed by atoms with E-state index in [-0.39, 0.29) is 5.91 Å². The second-order valence-corrected chi connectivity index (χ2v) is 3.25. The van der Waals surface area contributed by atoms with Gasteiger partial charge >= 0.3 is 0 Å². The van der Waals surface area contributed by atoms with Crippen LogP contribution < -0.4 is 10.9 Å². The molecule has 0 aliphatic rings. The van der Waals surface area contributed by atoms with E-state index in [1.165, 1.54) is 0 Å². The van der Waals surface area contributed by atoms with E-state index in [1.807, 2.05) is 0 Å². The van der Waals surface area contributed by atoms with Gasteiger partial charge in [0.1, 0.15) is 4.75 Å². The van der Waals surface area contributed by atoms with Crippen LogP contribution in [0.15, 0.2) is 0 Å². The molecule has 0 aromatic heterocycles. The first-order valence-corrected chi connectivity index (χ1v) is 3.06. The Morgan fingerprint density at radius 3 is 2.00 bits per heavy atom. The van der Waals surface area contributed by atoms with Crippen LogP contribution in [0.1, 0.15) is 13.8 Å². The molecule has 0 atom stereocenters. The third kappa shape index (κ3) is 1.71. The predicted octanol–water partition coefficient (Wildman–Crippen LogP) is -0.143. The van der Waals surface area contributed by atoms with E-state index < -0.39 is 4.75 Å². The SMILES string of the molecule is CC(C)(SN)C(N)=O. The van der Waals surface area contributed by atoms with Gasteiger partial charge in [0.2, 0.25) is 5.91 Å². The summed E-state index contributed by atoms with van der Waals surface area (Å²) in [6.45, 7) is 3.36. The third-order valence-electron chi connectivity index (χ3n) is 0.888. The average Bonchev–Trinajstić information content (AvgIpc) is 1.67. The van der Waals surface area contributed by atoms with Gasteiger partial charge in [0.25, 0.3) is 0 Å². The standard InChI is InChI=1S/C4H10N2OS/c1-4(2,8-6)3(5)7/h6H2,1-2H3,(H2,5,7). The summed E-state index contributed by atoms with van der Waals surface area (Å²) in [4.78, 5) is 10.4. The fraction of sp³-hybridized carbons (Fsp3) is 0.750. The summed E-state index contributed by atoms with van der Waals surface area (Å²) in [5.41, 5.74) is 4.94. The maximum absolute atomic E-state index is 10.4. The molecule has 0 saturated carbocycles. The number of nitrogens with two attached hydrogens (primary N) is 2. The summed E-state index contributed by atoms with van der Waals surface area (Å²) >= 11 is 0.961. The lowest BCUT2D eigenvalue weighted by Crippen LogP contribution is -2.35. The maximum Gasteiger partial charge on any atom is 0.234 e. The van der Waals surface area contributed by atoms with Crippen LogP contribution >= 0.6 is 11.9 Å². The van der Waals surface area contributed by atoms with Crippen LogP contribution in [0.5, 0.6) is 0 Å². The Balaban J connectivity index is 3.91. The van der Waals surface area contributed by atoms with E-state index in [0.717, 1.165) is 11.9 Å². The molecule has 0 saturated heterocycles. The van der Waals surface area contributed by atoms with E-state index in [1.54, 1.807) is 13.8 Å². The molecule has 3 nitrogen and oxygen atoms in total. The summed E-state index contributed by atoms with van der Waals surface area (Å²) < 4.78 is -0.625. The zero-order chi connectivity index (χ0) is 6.78. The number of carbonyl (C=O) groups is 1. The van der Waals surface area contributed by atoms with Crippen molar-refractivity contribution in [2.75, 3.05) is 0 Å². The van der Waals surface area contributed by atoms with Gasteiger partial charge in [-0.25, -0.2) is 0 Å². The minimum atomic E-state index is -0.625. The normalized spacial score (nSPS) is 11.4. The zero-order valence-electron chi connectivity index (χ0n) is 4.97. The molecule has 0 aliphatic heterocycles. The highest BCUT2D eigenvalue weighted by atomic mass is 32.2. The van der Waals surface area contributed by atoms with Crippen molar-refractivity contribution in [3.63, 3.8) is 0 Å². The molecule has 0 heterocycles. The molecule has 0 unspecified atom stereocenters. The van der Waals surface area contributed by atoms with Crippen molar-refractivity contribution in [1.29, 1.82) is 0 Å². The number of carbonyl (C=O) groups excluding carboxylic acids is 1. The maximum atomic E-state index is 10.4. The molecule has 0 aliphatic carbocycles. The Labute approximate surface area is 52.9 Å². The molecule has 8 heavy (non-hydrogen) atoms. The van der Waals surface area contributed by atoms with E-state index in [9.17, 15) is 4.79 Å². The van der Waals surface area contributed by atoms with Crippen LogP contribution in [0.3, 0.4) is 0 Å². The third-order valence-corrected chi connectivity index (χ3v) is 1.68. The molecule has 4 N–H and O–H groups in total. The fourth-order valence-corrected chi connectivity index (χ4v) is 0.174. The van der Waals surface area contributed by atoms with E-state index in [4.69, 9.17) is 10.9 Å². The molecule has 0 spiro atoms. The number of hydrogen-bond acceptors (Lipinski definition) is 3. The monoisotopic (exact) mass is 134 g/mol. The van der Waals surface area contributed by atoms with Gasteiger partial charge in [0.05, 0.1) is 0 Å². The lowest BCUT2D eigenvalue weighted by molar-refractivity contribution is -0.119. The van der Waals surface area contributed by atoms with Crippen LogP contribution in [-0.2, 0) is 4.79 Å². The summed E-state index contributed by atoms with van der Waals surface area (Å²) in [6.07, 6.45) is 0. The Kier molecular flexibility index (Phi) is 2.30. The van der Waals surface area contributed by atoms with Gasteiger partial charge in [-0.3, -0.25) is 9.93 Å². The topological polar surface area (TPSA) is 69.1 Å². The molecular weight excluding hydrogens is 124 g/mol. The molecule has 0 rings (SSSR count).